The second-order valence-electron chi connectivity index (χ2n) is 3.30. The monoisotopic (exact) mass is 214 g/mol. The van der Waals surface area contributed by atoms with Crippen molar-refractivity contribution < 1.29 is 4.79 Å². The van der Waals surface area contributed by atoms with Crippen LogP contribution >= 0.6 is 11.6 Å². The molecule has 1 aliphatic rings. The van der Waals surface area contributed by atoms with Crippen LogP contribution in [0.5, 0.6) is 0 Å². The van der Waals surface area contributed by atoms with E-state index in [9.17, 15) is 4.79 Å². The third kappa shape index (κ3) is 3.21. The molecule has 1 aliphatic heterocycles. The van der Waals surface area contributed by atoms with E-state index in [2.05, 4.69) is 10.8 Å². The van der Waals surface area contributed by atoms with Gasteiger partial charge >= 0.3 is 0 Å². The number of hydrogen-bond donors (Lipinski definition) is 0. The Morgan fingerprint density at radius 3 is 2.50 bits per heavy atom. The topological polar surface area (TPSA) is 23.6 Å². The van der Waals surface area contributed by atoms with E-state index in [4.69, 9.17) is 18.0 Å². The predicted molar refractivity (Wildman–Crippen MR) is 57.2 cm³/mol. The number of piperazine rings is 1. The van der Waals surface area contributed by atoms with Crippen molar-refractivity contribution in [1.82, 2.24) is 9.80 Å². The third-order valence-electron chi connectivity index (χ3n) is 2.35. The fourth-order valence-electron chi connectivity index (χ4n) is 1.52. The first-order chi connectivity index (χ1) is 6.77. The zero-order chi connectivity index (χ0) is 10.4. The Morgan fingerprint density at radius 1 is 1.36 bits per heavy atom. The number of alkyl halides is 1. The van der Waals surface area contributed by atoms with Crippen LogP contribution in [0.4, 0.5) is 0 Å². The summed E-state index contributed by atoms with van der Waals surface area (Å²) in [4.78, 5) is 15.5. The third-order valence-corrected chi connectivity index (χ3v) is 2.54. The maximum absolute atomic E-state index is 11.4. The van der Waals surface area contributed by atoms with E-state index in [-0.39, 0.29) is 5.91 Å². The Labute approximate surface area is 90.0 Å². The van der Waals surface area contributed by atoms with Crippen molar-refractivity contribution in [3.8, 4) is 12.3 Å². The van der Waals surface area contributed by atoms with Crippen molar-refractivity contribution in [2.45, 2.75) is 6.42 Å². The van der Waals surface area contributed by atoms with E-state index in [1.807, 2.05) is 4.90 Å². The van der Waals surface area contributed by atoms with Crippen molar-refractivity contribution in [3.63, 3.8) is 0 Å². The first-order valence-electron chi connectivity index (χ1n) is 4.77. The van der Waals surface area contributed by atoms with Crippen LogP contribution in [-0.4, -0.2) is 54.3 Å². The summed E-state index contributed by atoms with van der Waals surface area (Å²) in [5.41, 5.74) is 0. The SMILES string of the molecule is C#CCN1CCN(C(=O)CCCl)CC1. The normalized spacial score (nSPS) is 17.9. The minimum absolute atomic E-state index is 0.153. The van der Waals surface area contributed by atoms with Gasteiger partial charge in [0.25, 0.3) is 0 Å². The predicted octanol–water partition coefficient (Wildman–Crippen LogP) is 0.393. The van der Waals surface area contributed by atoms with Gasteiger partial charge in [-0.2, -0.15) is 0 Å². The van der Waals surface area contributed by atoms with Gasteiger partial charge in [0, 0.05) is 38.5 Å². The molecule has 78 valence electrons. The van der Waals surface area contributed by atoms with Crippen LogP contribution in [0, 0.1) is 12.3 Å². The molecule has 0 N–H and O–H groups in total. The molecule has 14 heavy (non-hydrogen) atoms. The number of carbonyl (C=O) groups excluding carboxylic acids is 1. The molecular formula is C10H15ClN2O. The maximum Gasteiger partial charge on any atom is 0.223 e. The summed E-state index contributed by atoms with van der Waals surface area (Å²) in [6.45, 7) is 3.97. The minimum Gasteiger partial charge on any atom is -0.340 e. The van der Waals surface area contributed by atoms with Crippen LogP contribution in [0.15, 0.2) is 0 Å². The summed E-state index contributed by atoms with van der Waals surface area (Å²) in [5, 5.41) is 0. The van der Waals surface area contributed by atoms with Gasteiger partial charge in [-0.25, -0.2) is 0 Å². The van der Waals surface area contributed by atoms with Gasteiger partial charge < -0.3 is 4.90 Å². The van der Waals surface area contributed by atoms with Gasteiger partial charge in [0.05, 0.1) is 6.54 Å². The van der Waals surface area contributed by atoms with Gasteiger partial charge in [-0.1, -0.05) is 5.92 Å². The molecule has 4 heteroatoms. The van der Waals surface area contributed by atoms with Crippen molar-refractivity contribution in [1.29, 1.82) is 0 Å². The highest BCUT2D eigenvalue weighted by atomic mass is 35.5. The van der Waals surface area contributed by atoms with Crippen LogP contribution in [-0.2, 0) is 4.79 Å². The number of amides is 1. The average Bonchev–Trinajstić information content (AvgIpc) is 2.20. The molecule has 0 spiro atoms. The molecule has 0 aromatic rings. The highest BCUT2D eigenvalue weighted by Gasteiger charge is 2.19. The molecule has 0 bridgehead atoms. The molecule has 1 saturated heterocycles. The molecule has 1 heterocycles. The van der Waals surface area contributed by atoms with E-state index >= 15 is 0 Å². The summed E-state index contributed by atoms with van der Waals surface area (Å²) >= 11 is 5.51. The zero-order valence-corrected chi connectivity index (χ0v) is 8.96. The van der Waals surface area contributed by atoms with Crippen LogP contribution in [0.3, 0.4) is 0 Å². The number of nitrogens with zero attached hydrogens (tertiary/aromatic N) is 2. The minimum atomic E-state index is 0.153. The molecule has 0 unspecified atom stereocenters. The van der Waals surface area contributed by atoms with Crippen molar-refractivity contribution >= 4 is 17.5 Å². The Balaban J connectivity index is 2.28. The Hall–Kier alpha value is -0.720. The van der Waals surface area contributed by atoms with E-state index in [1.165, 1.54) is 0 Å². The van der Waals surface area contributed by atoms with E-state index in [0.717, 1.165) is 26.2 Å². The molecule has 3 nitrogen and oxygen atoms in total. The van der Waals surface area contributed by atoms with Crippen LogP contribution in [0.25, 0.3) is 0 Å². The summed E-state index contributed by atoms with van der Waals surface area (Å²) in [6, 6.07) is 0. The van der Waals surface area contributed by atoms with Gasteiger partial charge in [-0.3, -0.25) is 9.69 Å². The van der Waals surface area contributed by atoms with Crippen molar-refractivity contribution in [2.75, 3.05) is 38.6 Å². The van der Waals surface area contributed by atoms with Crippen LogP contribution in [0.1, 0.15) is 6.42 Å². The molecule has 1 fully saturated rings. The molecule has 0 atom stereocenters. The van der Waals surface area contributed by atoms with Crippen molar-refractivity contribution in [3.05, 3.63) is 0 Å². The van der Waals surface area contributed by atoms with Gasteiger partial charge in [-0.15, -0.1) is 18.0 Å². The van der Waals surface area contributed by atoms with Crippen LogP contribution < -0.4 is 0 Å². The molecule has 0 radical (unpaired) electrons. The Kier molecular flexibility index (Phi) is 4.78. The first-order valence-corrected chi connectivity index (χ1v) is 5.31. The van der Waals surface area contributed by atoms with E-state index < -0.39 is 0 Å². The smallest absolute Gasteiger partial charge is 0.223 e. The molecule has 0 aliphatic carbocycles. The van der Waals surface area contributed by atoms with Gasteiger partial charge in [0.1, 0.15) is 0 Å². The molecule has 0 aromatic carbocycles. The first kappa shape index (κ1) is 11.4. The standard InChI is InChI=1S/C10H15ClN2O/c1-2-5-12-6-8-13(9-7-12)10(14)3-4-11/h1H,3-9H2. The fourth-order valence-corrected chi connectivity index (χ4v) is 1.69. The second-order valence-corrected chi connectivity index (χ2v) is 3.68. The molecule has 1 amide bonds. The molecule has 0 aromatic heterocycles. The summed E-state index contributed by atoms with van der Waals surface area (Å²) < 4.78 is 0. The molecule has 1 rings (SSSR count). The maximum atomic E-state index is 11.4. The Bertz CT molecular complexity index is 229. The number of hydrogen-bond acceptors (Lipinski definition) is 2. The summed E-state index contributed by atoms with van der Waals surface area (Å²) in [5.74, 6) is 3.17. The van der Waals surface area contributed by atoms with Gasteiger partial charge in [-0.05, 0) is 0 Å². The number of rotatable bonds is 3. The lowest BCUT2D eigenvalue weighted by Crippen LogP contribution is -2.48. The lowest BCUT2D eigenvalue weighted by Gasteiger charge is -2.33. The molecular weight excluding hydrogens is 200 g/mol. The van der Waals surface area contributed by atoms with Gasteiger partial charge in [0.2, 0.25) is 5.91 Å². The highest BCUT2D eigenvalue weighted by Crippen LogP contribution is 2.03. The second kappa shape index (κ2) is 5.90. The fraction of sp³-hybridized carbons (Fsp3) is 0.700. The largest absolute Gasteiger partial charge is 0.340 e. The van der Waals surface area contributed by atoms with E-state index in [0.29, 0.717) is 18.8 Å². The van der Waals surface area contributed by atoms with Crippen LogP contribution in [0.2, 0.25) is 0 Å². The number of terminal acetylenes is 1. The lowest BCUT2D eigenvalue weighted by molar-refractivity contribution is -0.132. The van der Waals surface area contributed by atoms with E-state index in [1.54, 1.807) is 0 Å². The number of halogens is 1. The van der Waals surface area contributed by atoms with Crippen molar-refractivity contribution in [2.24, 2.45) is 0 Å². The Morgan fingerprint density at radius 2 is 2.00 bits per heavy atom. The average molecular weight is 215 g/mol. The zero-order valence-electron chi connectivity index (χ0n) is 8.21. The summed E-state index contributed by atoms with van der Waals surface area (Å²) in [7, 11) is 0. The highest BCUT2D eigenvalue weighted by molar-refractivity contribution is 6.18. The van der Waals surface area contributed by atoms with Gasteiger partial charge in [0.15, 0.2) is 0 Å². The summed E-state index contributed by atoms with van der Waals surface area (Å²) in [6.07, 6.45) is 5.65. The number of carbonyl (C=O) groups is 1. The molecule has 0 saturated carbocycles. The lowest BCUT2D eigenvalue weighted by atomic mass is 10.3. The quantitative estimate of drug-likeness (QED) is 0.502.